The van der Waals surface area contributed by atoms with E-state index in [0.717, 1.165) is 0 Å². The topological polar surface area (TPSA) is 40.5 Å². The summed E-state index contributed by atoms with van der Waals surface area (Å²) >= 11 is 1.40. The standard InChI is InChI=1S/C6H11FO2S/c7-4-3-10-5(1-2-8)6(4)9/h4-6,8-9H,1-3H2/t4-,5-,6+/m1/s1. The molecule has 1 aliphatic heterocycles. The van der Waals surface area contributed by atoms with Crippen LogP contribution in [0.15, 0.2) is 0 Å². The Labute approximate surface area is 63.4 Å². The molecular formula is C6H11FO2S. The highest BCUT2D eigenvalue weighted by Crippen LogP contribution is 2.31. The Morgan fingerprint density at radius 1 is 1.60 bits per heavy atom. The van der Waals surface area contributed by atoms with Crippen molar-refractivity contribution in [2.24, 2.45) is 0 Å². The third kappa shape index (κ3) is 1.62. The van der Waals surface area contributed by atoms with Gasteiger partial charge in [-0.15, -0.1) is 0 Å². The predicted octanol–water partition coefficient (Wildman–Crippen LogP) is 0.183. The van der Waals surface area contributed by atoms with Crippen LogP contribution in [0.25, 0.3) is 0 Å². The van der Waals surface area contributed by atoms with Crippen LogP contribution in [0, 0.1) is 0 Å². The van der Waals surface area contributed by atoms with E-state index in [-0.39, 0.29) is 11.9 Å². The Hall–Kier alpha value is 0.200. The number of alkyl halides is 1. The zero-order valence-corrected chi connectivity index (χ0v) is 6.35. The van der Waals surface area contributed by atoms with Crippen molar-refractivity contribution in [1.82, 2.24) is 0 Å². The van der Waals surface area contributed by atoms with E-state index in [1.54, 1.807) is 0 Å². The van der Waals surface area contributed by atoms with Crippen LogP contribution in [0.2, 0.25) is 0 Å². The molecule has 1 aliphatic rings. The lowest BCUT2D eigenvalue weighted by Crippen LogP contribution is -2.26. The van der Waals surface area contributed by atoms with Gasteiger partial charge in [0.2, 0.25) is 0 Å². The molecule has 10 heavy (non-hydrogen) atoms. The normalized spacial score (nSPS) is 40.5. The third-order valence-corrected chi connectivity index (χ3v) is 3.09. The lowest BCUT2D eigenvalue weighted by Gasteiger charge is -2.11. The van der Waals surface area contributed by atoms with Gasteiger partial charge < -0.3 is 10.2 Å². The van der Waals surface area contributed by atoms with Crippen molar-refractivity contribution >= 4 is 11.8 Å². The fourth-order valence-electron chi connectivity index (χ4n) is 1.03. The van der Waals surface area contributed by atoms with Crippen LogP contribution in [0.3, 0.4) is 0 Å². The van der Waals surface area contributed by atoms with Gasteiger partial charge in [0.25, 0.3) is 0 Å². The smallest absolute Gasteiger partial charge is 0.136 e. The second-order valence-corrected chi connectivity index (χ2v) is 3.66. The summed E-state index contributed by atoms with van der Waals surface area (Å²) in [5.74, 6) is 0.367. The summed E-state index contributed by atoms with van der Waals surface area (Å²) in [4.78, 5) is 0. The van der Waals surface area contributed by atoms with Crippen LogP contribution in [-0.2, 0) is 0 Å². The molecule has 2 N–H and O–H groups in total. The molecular weight excluding hydrogens is 155 g/mol. The maximum Gasteiger partial charge on any atom is 0.136 e. The Balaban J connectivity index is 2.33. The Kier molecular flexibility index (Phi) is 2.95. The molecule has 1 saturated heterocycles. The first-order valence-corrected chi connectivity index (χ1v) is 4.35. The minimum Gasteiger partial charge on any atom is -0.396 e. The molecule has 0 aromatic heterocycles. The van der Waals surface area contributed by atoms with Crippen LogP contribution in [0.4, 0.5) is 4.39 Å². The van der Waals surface area contributed by atoms with Gasteiger partial charge in [-0.25, -0.2) is 4.39 Å². The maximum absolute atomic E-state index is 12.5. The lowest BCUT2D eigenvalue weighted by molar-refractivity contribution is 0.0908. The quantitative estimate of drug-likeness (QED) is 0.615. The molecule has 0 amide bonds. The minimum atomic E-state index is -1.10. The van der Waals surface area contributed by atoms with Gasteiger partial charge in [0.05, 0.1) is 6.10 Å². The minimum absolute atomic E-state index is 0.0292. The second kappa shape index (κ2) is 3.55. The Morgan fingerprint density at radius 3 is 2.70 bits per heavy atom. The Morgan fingerprint density at radius 2 is 2.30 bits per heavy atom. The SMILES string of the molecule is OCC[C@H]1SC[C@@H](F)[C@@H]1O. The summed E-state index contributed by atoms with van der Waals surface area (Å²) in [5, 5.41) is 17.5. The summed E-state index contributed by atoms with van der Waals surface area (Å²) in [7, 11) is 0. The molecule has 0 aliphatic carbocycles. The van der Waals surface area contributed by atoms with Crippen molar-refractivity contribution in [2.75, 3.05) is 12.4 Å². The van der Waals surface area contributed by atoms with E-state index in [1.165, 1.54) is 11.8 Å². The average Bonchev–Trinajstić information content (AvgIpc) is 2.20. The van der Waals surface area contributed by atoms with Gasteiger partial charge >= 0.3 is 0 Å². The van der Waals surface area contributed by atoms with Crippen molar-refractivity contribution in [2.45, 2.75) is 23.9 Å². The number of rotatable bonds is 2. The molecule has 0 spiro atoms. The van der Waals surface area contributed by atoms with Gasteiger partial charge in [0.1, 0.15) is 6.17 Å². The molecule has 0 bridgehead atoms. The van der Waals surface area contributed by atoms with Crippen molar-refractivity contribution in [3.63, 3.8) is 0 Å². The fraction of sp³-hybridized carbons (Fsp3) is 1.00. The monoisotopic (exact) mass is 166 g/mol. The van der Waals surface area contributed by atoms with Crippen LogP contribution < -0.4 is 0 Å². The van der Waals surface area contributed by atoms with Crippen LogP contribution in [0.5, 0.6) is 0 Å². The maximum atomic E-state index is 12.5. The molecule has 4 heteroatoms. The molecule has 0 aromatic carbocycles. The van der Waals surface area contributed by atoms with Gasteiger partial charge in [-0.1, -0.05) is 0 Å². The molecule has 1 heterocycles. The highest BCUT2D eigenvalue weighted by molar-refractivity contribution is 8.00. The number of halogens is 1. The molecule has 2 nitrogen and oxygen atoms in total. The molecule has 0 unspecified atom stereocenters. The van der Waals surface area contributed by atoms with Crippen molar-refractivity contribution < 1.29 is 14.6 Å². The van der Waals surface area contributed by atoms with E-state index in [9.17, 15) is 4.39 Å². The highest BCUT2D eigenvalue weighted by Gasteiger charge is 2.34. The van der Waals surface area contributed by atoms with E-state index in [4.69, 9.17) is 10.2 Å². The number of thioether (sulfide) groups is 1. The van der Waals surface area contributed by atoms with E-state index in [1.807, 2.05) is 0 Å². The fourth-order valence-corrected chi connectivity index (χ4v) is 2.29. The van der Waals surface area contributed by atoms with Crippen molar-refractivity contribution in [1.29, 1.82) is 0 Å². The van der Waals surface area contributed by atoms with Crippen LogP contribution in [0.1, 0.15) is 6.42 Å². The van der Waals surface area contributed by atoms with E-state index < -0.39 is 12.3 Å². The molecule has 60 valence electrons. The summed E-state index contributed by atoms with van der Waals surface area (Å²) in [6, 6.07) is 0. The molecule has 1 fully saturated rings. The molecule has 0 saturated carbocycles. The molecule has 0 radical (unpaired) electrons. The lowest BCUT2D eigenvalue weighted by atomic mass is 10.1. The van der Waals surface area contributed by atoms with Gasteiger partial charge in [-0.3, -0.25) is 0 Å². The highest BCUT2D eigenvalue weighted by atomic mass is 32.2. The van der Waals surface area contributed by atoms with Crippen molar-refractivity contribution in [3.05, 3.63) is 0 Å². The van der Waals surface area contributed by atoms with Gasteiger partial charge in [-0.2, -0.15) is 11.8 Å². The number of aliphatic hydroxyl groups excluding tert-OH is 2. The van der Waals surface area contributed by atoms with Crippen LogP contribution in [-0.4, -0.2) is 40.1 Å². The van der Waals surface area contributed by atoms with E-state index in [0.29, 0.717) is 12.2 Å². The first-order valence-electron chi connectivity index (χ1n) is 3.30. The zero-order valence-electron chi connectivity index (χ0n) is 5.53. The zero-order chi connectivity index (χ0) is 7.56. The number of aliphatic hydroxyl groups is 2. The van der Waals surface area contributed by atoms with Gasteiger partial charge in [0, 0.05) is 17.6 Å². The predicted molar refractivity (Wildman–Crippen MR) is 38.9 cm³/mol. The number of hydrogen-bond acceptors (Lipinski definition) is 3. The van der Waals surface area contributed by atoms with Crippen molar-refractivity contribution in [3.8, 4) is 0 Å². The summed E-state index contributed by atoms with van der Waals surface area (Å²) in [6.07, 6.45) is -1.47. The second-order valence-electron chi connectivity index (χ2n) is 2.39. The molecule has 3 atom stereocenters. The largest absolute Gasteiger partial charge is 0.396 e. The third-order valence-electron chi connectivity index (χ3n) is 1.63. The molecule has 1 rings (SSSR count). The van der Waals surface area contributed by atoms with Gasteiger partial charge in [0.15, 0.2) is 0 Å². The number of hydrogen-bond donors (Lipinski definition) is 2. The Bertz CT molecular complexity index is 110. The van der Waals surface area contributed by atoms with E-state index in [2.05, 4.69) is 0 Å². The van der Waals surface area contributed by atoms with E-state index >= 15 is 0 Å². The van der Waals surface area contributed by atoms with Crippen LogP contribution >= 0.6 is 11.8 Å². The van der Waals surface area contributed by atoms with Gasteiger partial charge in [-0.05, 0) is 6.42 Å². The molecule has 0 aromatic rings. The summed E-state index contributed by atoms with van der Waals surface area (Å²) in [6.45, 7) is 0.0292. The average molecular weight is 166 g/mol. The summed E-state index contributed by atoms with van der Waals surface area (Å²) in [5.41, 5.74) is 0. The first kappa shape index (κ1) is 8.30. The summed E-state index contributed by atoms with van der Waals surface area (Å²) < 4.78 is 12.5. The first-order chi connectivity index (χ1) is 4.75.